The molecule has 0 radical (unpaired) electrons. The molecule has 0 saturated carbocycles. The number of hydrogen-bond donors (Lipinski definition) is 2. The van der Waals surface area contributed by atoms with Crippen LogP contribution in [0.15, 0.2) is 48.5 Å². The van der Waals surface area contributed by atoms with Crippen LogP contribution in [0.5, 0.6) is 5.75 Å². The van der Waals surface area contributed by atoms with E-state index in [4.69, 9.17) is 4.74 Å². The molecule has 9 nitrogen and oxygen atoms in total. The van der Waals surface area contributed by atoms with E-state index in [-0.39, 0.29) is 23.8 Å². The number of rotatable bonds is 8. The third-order valence-electron chi connectivity index (χ3n) is 4.17. The molecule has 2 aromatic rings. The minimum Gasteiger partial charge on any atom is -0.497 e. The fourth-order valence-electron chi connectivity index (χ4n) is 2.41. The Morgan fingerprint density at radius 2 is 1.79 bits per heavy atom. The third kappa shape index (κ3) is 5.52. The maximum absolute atomic E-state index is 12.4. The number of amides is 2. The first-order valence-electron chi connectivity index (χ1n) is 8.50. The molecule has 148 valence electrons. The fourth-order valence-corrected chi connectivity index (χ4v) is 2.41. The standard InChI is InChI=1S/C19H22N4O5/c1-13(19(25)21-16-6-4-5-7-17(16)23(26)27)22(2)12-18(24)20-14-8-10-15(28-3)11-9-14/h4-11,13H,12H2,1-3H3,(H,20,24)(H,21,25)/t13-/m0/s1. The van der Waals surface area contributed by atoms with Crippen molar-refractivity contribution in [1.82, 2.24) is 4.90 Å². The molecule has 2 N–H and O–H groups in total. The van der Waals surface area contributed by atoms with Gasteiger partial charge in [0, 0.05) is 11.8 Å². The molecule has 0 aliphatic rings. The summed E-state index contributed by atoms with van der Waals surface area (Å²) in [7, 11) is 3.18. The Morgan fingerprint density at radius 1 is 1.14 bits per heavy atom. The van der Waals surface area contributed by atoms with Gasteiger partial charge < -0.3 is 15.4 Å². The summed E-state index contributed by atoms with van der Waals surface area (Å²) >= 11 is 0. The second kappa shape index (κ2) is 9.47. The number of nitro benzene ring substituents is 1. The zero-order valence-corrected chi connectivity index (χ0v) is 15.8. The minimum atomic E-state index is -0.679. The number of likely N-dealkylation sites (N-methyl/N-ethyl adjacent to an activating group) is 1. The van der Waals surface area contributed by atoms with Crippen LogP contribution in [0, 0.1) is 10.1 Å². The average molecular weight is 386 g/mol. The monoisotopic (exact) mass is 386 g/mol. The summed E-state index contributed by atoms with van der Waals surface area (Å²) in [6.45, 7) is 1.59. The second-order valence-electron chi connectivity index (χ2n) is 6.13. The van der Waals surface area contributed by atoms with Crippen LogP contribution in [0.2, 0.25) is 0 Å². The average Bonchev–Trinajstić information content (AvgIpc) is 2.68. The maximum atomic E-state index is 12.4. The Balaban J connectivity index is 1.93. The number of methoxy groups -OCH3 is 1. The lowest BCUT2D eigenvalue weighted by Gasteiger charge is -2.23. The van der Waals surface area contributed by atoms with Gasteiger partial charge in [-0.15, -0.1) is 0 Å². The van der Waals surface area contributed by atoms with E-state index in [1.165, 1.54) is 18.2 Å². The first kappa shape index (κ1) is 20.8. The van der Waals surface area contributed by atoms with Crippen LogP contribution >= 0.6 is 0 Å². The lowest BCUT2D eigenvalue weighted by atomic mass is 10.2. The molecule has 0 aromatic heterocycles. The van der Waals surface area contributed by atoms with Gasteiger partial charge in [-0.2, -0.15) is 0 Å². The van der Waals surface area contributed by atoms with Gasteiger partial charge in [0.1, 0.15) is 11.4 Å². The molecular weight excluding hydrogens is 364 g/mol. The van der Waals surface area contributed by atoms with Crippen molar-refractivity contribution in [3.63, 3.8) is 0 Å². The molecular formula is C19H22N4O5. The van der Waals surface area contributed by atoms with Crippen LogP contribution in [-0.4, -0.2) is 48.4 Å². The lowest BCUT2D eigenvalue weighted by Crippen LogP contribution is -2.43. The summed E-state index contributed by atoms with van der Waals surface area (Å²) in [5.41, 5.74) is 0.527. The van der Waals surface area contributed by atoms with Gasteiger partial charge in [-0.05, 0) is 44.3 Å². The summed E-state index contributed by atoms with van der Waals surface area (Å²) in [6.07, 6.45) is 0. The van der Waals surface area contributed by atoms with Crippen LogP contribution in [-0.2, 0) is 9.59 Å². The molecule has 9 heteroatoms. The van der Waals surface area contributed by atoms with Crippen molar-refractivity contribution in [1.29, 1.82) is 0 Å². The molecule has 0 saturated heterocycles. The molecule has 0 heterocycles. The van der Waals surface area contributed by atoms with Gasteiger partial charge in [-0.1, -0.05) is 12.1 Å². The highest BCUT2D eigenvalue weighted by atomic mass is 16.6. The number of ether oxygens (including phenoxy) is 1. The van der Waals surface area contributed by atoms with E-state index in [1.54, 1.807) is 56.3 Å². The summed E-state index contributed by atoms with van der Waals surface area (Å²) in [4.78, 5) is 36.6. The summed E-state index contributed by atoms with van der Waals surface area (Å²) in [5.74, 6) is -0.0672. The van der Waals surface area contributed by atoms with E-state index in [0.29, 0.717) is 11.4 Å². The maximum Gasteiger partial charge on any atom is 0.292 e. The Bertz CT molecular complexity index is 854. The van der Waals surface area contributed by atoms with Crippen molar-refractivity contribution in [2.75, 3.05) is 31.3 Å². The second-order valence-corrected chi connectivity index (χ2v) is 6.13. The van der Waals surface area contributed by atoms with Crippen molar-refractivity contribution in [3.05, 3.63) is 58.6 Å². The molecule has 28 heavy (non-hydrogen) atoms. The van der Waals surface area contributed by atoms with E-state index in [2.05, 4.69) is 10.6 Å². The number of carbonyl (C=O) groups excluding carboxylic acids is 2. The summed E-state index contributed by atoms with van der Waals surface area (Å²) < 4.78 is 5.06. The highest BCUT2D eigenvalue weighted by Crippen LogP contribution is 2.23. The number of nitro groups is 1. The van der Waals surface area contributed by atoms with Gasteiger partial charge in [-0.3, -0.25) is 24.6 Å². The number of para-hydroxylation sites is 2. The highest BCUT2D eigenvalue weighted by molar-refractivity contribution is 5.97. The van der Waals surface area contributed by atoms with Crippen LogP contribution < -0.4 is 15.4 Å². The fraction of sp³-hybridized carbons (Fsp3) is 0.263. The van der Waals surface area contributed by atoms with Gasteiger partial charge in [0.05, 0.1) is 24.6 Å². The smallest absolute Gasteiger partial charge is 0.292 e. The van der Waals surface area contributed by atoms with E-state index < -0.39 is 16.9 Å². The Labute approximate surface area is 162 Å². The third-order valence-corrected chi connectivity index (χ3v) is 4.17. The van der Waals surface area contributed by atoms with Gasteiger partial charge >= 0.3 is 0 Å². The number of nitrogens with zero attached hydrogens (tertiary/aromatic N) is 2. The molecule has 0 spiro atoms. The topological polar surface area (TPSA) is 114 Å². The largest absolute Gasteiger partial charge is 0.497 e. The molecule has 0 fully saturated rings. The zero-order valence-electron chi connectivity index (χ0n) is 15.8. The molecule has 1 atom stereocenters. The van der Waals surface area contributed by atoms with Crippen LogP contribution in [0.1, 0.15) is 6.92 Å². The van der Waals surface area contributed by atoms with E-state index >= 15 is 0 Å². The summed E-state index contributed by atoms with van der Waals surface area (Å²) in [6, 6.07) is 12.1. The van der Waals surface area contributed by atoms with Crippen LogP contribution in [0.4, 0.5) is 17.1 Å². The van der Waals surface area contributed by atoms with E-state index in [0.717, 1.165) is 0 Å². The van der Waals surface area contributed by atoms with Gasteiger partial charge in [0.25, 0.3) is 5.69 Å². The SMILES string of the molecule is COc1ccc(NC(=O)CN(C)[C@@H](C)C(=O)Nc2ccccc2[N+](=O)[O-])cc1. The van der Waals surface area contributed by atoms with Gasteiger partial charge in [0.2, 0.25) is 11.8 Å². The molecule has 2 aromatic carbocycles. The minimum absolute atomic E-state index is 0.0303. The first-order valence-corrected chi connectivity index (χ1v) is 8.50. The molecule has 2 rings (SSSR count). The molecule has 0 aliphatic heterocycles. The zero-order chi connectivity index (χ0) is 20.7. The number of benzene rings is 2. The number of nitrogens with one attached hydrogen (secondary N) is 2. The number of carbonyl (C=O) groups is 2. The van der Waals surface area contributed by atoms with Crippen LogP contribution in [0.3, 0.4) is 0 Å². The van der Waals surface area contributed by atoms with Crippen molar-refractivity contribution in [3.8, 4) is 5.75 Å². The Kier molecular flexibility index (Phi) is 7.05. The number of anilines is 2. The lowest BCUT2D eigenvalue weighted by molar-refractivity contribution is -0.383. The summed E-state index contributed by atoms with van der Waals surface area (Å²) in [5, 5.41) is 16.3. The predicted octanol–water partition coefficient (Wildman–Crippen LogP) is 2.50. The Morgan fingerprint density at radius 3 is 2.39 bits per heavy atom. The van der Waals surface area contributed by atoms with Gasteiger partial charge in [0.15, 0.2) is 0 Å². The van der Waals surface area contributed by atoms with E-state index in [9.17, 15) is 19.7 Å². The van der Waals surface area contributed by atoms with Crippen molar-refractivity contribution >= 4 is 28.9 Å². The number of hydrogen-bond acceptors (Lipinski definition) is 6. The van der Waals surface area contributed by atoms with Gasteiger partial charge in [-0.25, -0.2) is 0 Å². The Hall–Kier alpha value is -3.46. The first-order chi connectivity index (χ1) is 13.3. The molecule has 0 aliphatic carbocycles. The predicted molar refractivity (Wildman–Crippen MR) is 105 cm³/mol. The van der Waals surface area contributed by atoms with Crippen molar-refractivity contribution < 1.29 is 19.2 Å². The molecule has 0 bridgehead atoms. The quantitative estimate of drug-likeness (QED) is 0.532. The highest BCUT2D eigenvalue weighted by Gasteiger charge is 2.23. The molecule has 2 amide bonds. The molecule has 0 unspecified atom stereocenters. The normalized spacial score (nSPS) is 11.6. The van der Waals surface area contributed by atoms with E-state index in [1.807, 2.05) is 0 Å². The van der Waals surface area contributed by atoms with Crippen molar-refractivity contribution in [2.45, 2.75) is 13.0 Å². The van der Waals surface area contributed by atoms with Crippen LogP contribution in [0.25, 0.3) is 0 Å². The van der Waals surface area contributed by atoms with Crippen molar-refractivity contribution in [2.24, 2.45) is 0 Å².